The zero-order valence-corrected chi connectivity index (χ0v) is 11.9. The average molecular weight is 257 g/mol. The summed E-state index contributed by atoms with van der Waals surface area (Å²) in [6.45, 7) is 3.89. The topological polar surface area (TPSA) is 49.8 Å². The summed E-state index contributed by atoms with van der Waals surface area (Å²) in [6.07, 6.45) is 4.87. The van der Waals surface area contributed by atoms with Crippen LogP contribution in [0.4, 0.5) is 0 Å². The Hall–Kier alpha value is -0.450. The lowest BCUT2D eigenvalue weighted by atomic mass is 9.71. The lowest BCUT2D eigenvalue weighted by Gasteiger charge is -2.38. The van der Waals surface area contributed by atoms with E-state index in [-0.39, 0.29) is 5.41 Å². The van der Waals surface area contributed by atoms with E-state index in [2.05, 4.69) is 6.92 Å². The van der Waals surface area contributed by atoms with Crippen LogP contribution in [0.25, 0.3) is 0 Å². The fourth-order valence-electron chi connectivity index (χ4n) is 2.86. The minimum atomic E-state index is -0.480. The van der Waals surface area contributed by atoms with Crippen LogP contribution in [-0.2, 0) is 9.53 Å². The van der Waals surface area contributed by atoms with Crippen molar-refractivity contribution in [2.45, 2.75) is 38.7 Å². The first-order valence-corrected chi connectivity index (χ1v) is 6.83. The maximum absolute atomic E-state index is 11.4. The molecule has 0 bridgehead atoms. The monoisotopic (exact) mass is 257 g/mol. The van der Waals surface area contributed by atoms with Crippen LogP contribution in [0.3, 0.4) is 0 Å². The Balaban J connectivity index is 2.44. The first-order chi connectivity index (χ1) is 8.51. The summed E-state index contributed by atoms with van der Waals surface area (Å²) in [5.41, 5.74) is -0.200. The van der Waals surface area contributed by atoms with Crippen molar-refractivity contribution in [2.24, 2.45) is 11.3 Å². The Morgan fingerprint density at radius 2 is 2.11 bits per heavy atom. The maximum Gasteiger partial charge on any atom is 0.127 e. The zero-order chi connectivity index (χ0) is 13.6. The number of hydrogen-bond acceptors (Lipinski definition) is 4. The van der Waals surface area contributed by atoms with E-state index in [0.29, 0.717) is 13.2 Å². The minimum absolute atomic E-state index is 0.200. The first-order valence-electron chi connectivity index (χ1n) is 6.83. The van der Waals surface area contributed by atoms with Crippen molar-refractivity contribution in [3.05, 3.63) is 0 Å². The molecule has 1 atom stereocenters. The predicted molar refractivity (Wildman–Crippen MR) is 71.5 cm³/mol. The highest BCUT2D eigenvalue weighted by Crippen LogP contribution is 2.37. The van der Waals surface area contributed by atoms with Gasteiger partial charge in [-0.15, -0.1) is 0 Å². The van der Waals surface area contributed by atoms with Gasteiger partial charge in [-0.1, -0.05) is 6.92 Å². The van der Waals surface area contributed by atoms with Crippen molar-refractivity contribution in [1.82, 2.24) is 4.90 Å². The maximum atomic E-state index is 11.4. The van der Waals surface area contributed by atoms with Crippen LogP contribution < -0.4 is 0 Å². The molecule has 0 aromatic rings. The van der Waals surface area contributed by atoms with Gasteiger partial charge in [-0.05, 0) is 38.6 Å². The number of hydrogen-bond donors (Lipinski definition) is 1. The van der Waals surface area contributed by atoms with Gasteiger partial charge in [0.05, 0.1) is 12.7 Å². The van der Waals surface area contributed by atoms with Crippen LogP contribution in [0.15, 0.2) is 0 Å². The van der Waals surface area contributed by atoms with E-state index in [0.717, 1.165) is 44.4 Å². The number of carbonyl (C=O) groups excluding carboxylic acids is 1. The van der Waals surface area contributed by atoms with E-state index in [1.807, 2.05) is 11.9 Å². The van der Waals surface area contributed by atoms with E-state index in [4.69, 9.17) is 4.74 Å². The molecule has 0 heterocycles. The Bertz CT molecular complexity index is 249. The molecule has 0 amide bonds. The third-order valence-electron chi connectivity index (χ3n) is 3.99. The summed E-state index contributed by atoms with van der Waals surface area (Å²) in [5.74, 6) is 0.738. The minimum Gasteiger partial charge on any atom is -0.389 e. The molecule has 18 heavy (non-hydrogen) atoms. The summed E-state index contributed by atoms with van der Waals surface area (Å²) < 4.78 is 4.91. The number of aliphatic hydroxyl groups is 1. The second-order valence-corrected chi connectivity index (χ2v) is 5.97. The third-order valence-corrected chi connectivity index (χ3v) is 3.99. The van der Waals surface area contributed by atoms with Gasteiger partial charge in [0.2, 0.25) is 0 Å². The van der Waals surface area contributed by atoms with Crippen molar-refractivity contribution in [3.8, 4) is 0 Å². The average Bonchev–Trinajstić information content (AvgIpc) is 2.32. The van der Waals surface area contributed by atoms with Gasteiger partial charge in [0.25, 0.3) is 0 Å². The van der Waals surface area contributed by atoms with Gasteiger partial charge in [0.15, 0.2) is 0 Å². The van der Waals surface area contributed by atoms with E-state index in [1.165, 1.54) is 0 Å². The number of nitrogens with zero attached hydrogens (tertiary/aromatic N) is 1. The van der Waals surface area contributed by atoms with E-state index < -0.39 is 6.10 Å². The molecule has 1 unspecified atom stereocenters. The SMILES string of the molecule is COCC(O)CN(C)CC1(C=O)CCC(C)CC1. The fraction of sp³-hybridized carbons (Fsp3) is 0.929. The van der Waals surface area contributed by atoms with Gasteiger partial charge in [-0.25, -0.2) is 0 Å². The number of carbonyl (C=O) groups is 1. The van der Waals surface area contributed by atoms with Crippen LogP contribution in [0.5, 0.6) is 0 Å². The second kappa shape index (κ2) is 7.22. The Morgan fingerprint density at radius 3 is 2.61 bits per heavy atom. The molecule has 1 N–H and O–H groups in total. The number of ether oxygens (including phenoxy) is 1. The number of aliphatic hydroxyl groups excluding tert-OH is 1. The molecule has 1 aliphatic rings. The van der Waals surface area contributed by atoms with Gasteiger partial charge in [0.1, 0.15) is 6.29 Å². The standard InChI is InChI=1S/C14H27NO3/c1-12-4-6-14(11-16,7-5-12)10-15(2)8-13(17)9-18-3/h11-13,17H,4-10H2,1-3H3. The molecular formula is C14H27NO3. The highest BCUT2D eigenvalue weighted by Gasteiger charge is 2.35. The number of aldehydes is 1. The van der Waals surface area contributed by atoms with Crippen molar-refractivity contribution in [3.63, 3.8) is 0 Å². The molecule has 1 aliphatic carbocycles. The zero-order valence-electron chi connectivity index (χ0n) is 11.9. The molecule has 0 aliphatic heterocycles. The van der Waals surface area contributed by atoms with Crippen molar-refractivity contribution < 1.29 is 14.6 Å². The van der Waals surface area contributed by atoms with E-state index in [9.17, 15) is 9.90 Å². The molecule has 106 valence electrons. The Labute approximate surface area is 110 Å². The molecule has 4 heteroatoms. The van der Waals surface area contributed by atoms with Gasteiger partial charge < -0.3 is 19.5 Å². The smallest absolute Gasteiger partial charge is 0.127 e. The van der Waals surface area contributed by atoms with Crippen molar-refractivity contribution in [1.29, 1.82) is 0 Å². The van der Waals surface area contributed by atoms with Crippen LogP contribution >= 0.6 is 0 Å². The van der Waals surface area contributed by atoms with Gasteiger partial charge in [-0.2, -0.15) is 0 Å². The summed E-state index contributed by atoms with van der Waals surface area (Å²) in [6, 6.07) is 0. The molecule has 1 saturated carbocycles. The van der Waals surface area contributed by atoms with Crippen LogP contribution in [0.2, 0.25) is 0 Å². The molecule has 0 radical (unpaired) electrons. The van der Waals surface area contributed by atoms with Crippen molar-refractivity contribution in [2.75, 3.05) is 33.9 Å². The lowest BCUT2D eigenvalue weighted by molar-refractivity contribution is -0.119. The molecule has 0 aromatic carbocycles. The predicted octanol–water partition coefficient (Wildman–Crippen LogP) is 1.32. The van der Waals surface area contributed by atoms with Crippen molar-refractivity contribution >= 4 is 6.29 Å². The molecule has 4 nitrogen and oxygen atoms in total. The number of methoxy groups -OCH3 is 1. The normalized spacial score (nSPS) is 30.4. The van der Waals surface area contributed by atoms with E-state index >= 15 is 0 Å². The van der Waals surface area contributed by atoms with Crippen LogP contribution in [-0.4, -0.2) is 56.3 Å². The summed E-state index contributed by atoms with van der Waals surface area (Å²) >= 11 is 0. The van der Waals surface area contributed by atoms with Gasteiger partial charge in [-0.3, -0.25) is 0 Å². The molecule has 0 saturated heterocycles. The second-order valence-electron chi connectivity index (χ2n) is 5.97. The Morgan fingerprint density at radius 1 is 1.50 bits per heavy atom. The van der Waals surface area contributed by atoms with Gasteiger partial charge in [0, 0.05) is 25.6 Å². The number of rotatable bonds is 7. The molecule has 0 aromatic heterocycles. The largest absolute Gasteiger partial charge is 0.389 e. The van der Waals surface area contributed by atoms with Gasteiger partial charge >= 0.3 is 0 Å². The summed E-state index contributed by atoms with van der Waals surface area (Å²) in [4.78, 5) is 13.5. The highest BCUT2D eigenvalue weighted by atomic mass is 16.5. The lowest BCUT2D eigenvalue weighted by Crippen LogP contribution is -2.42. The molecular weight excluding hydrogens is 230 g/mol. The number of likely N-dealkylation sites (N-methyl/N-ethyl adjacent to an activating group) is 1. The van der Waals surface area contributed by atoms with E-state index in [1.54, 1.807) is 7.11 Å². The molecule has 1 rings (SSSR count). The summed E-state index contributed by atoms with van der Waals surface area (Å²) in [7, 11) is 3.54. The summed E-state index contributed by atoms with van der Waals surface area (Å²) in [5, 5.41) is 9.69. The first kappa shape index (κ1) is 15.6. The molecule has 0 spiro atoms. The molecule has 1 fully saturated rings. The fourth-order valence-corrected chi connectivity index (χ4v) is 2.86. The van der Waals surface area contributed by atoms with Crippen LogP contribution in [0, 0.1) is 11.3 Å². The third kappa shape index (κ3) is 4.67. The highest BCUT2D eigenvalue weighted by molar-refractivity contribution is 5.60. The van der Waals surface area contributed by atoms with Crippen LogP contribution in [0.1, 0.15) is 32.6 Å². The quantitative estimate of drug-likeness (QED) is 0.699. The Kier molecular flexibility index (Phi) is 6.26.